The molecular formula is C21H20Cl2F3NO3. The number of carboxylic acids is 1. The lowest BCUT2D eigenvalue weighted by Gasteiger charge is -2.26. The monoisotopic (exact) mass is 461 g/mol. The highest BCUT2D eigenvalue weighted by molar-refractivity contribution is 6.34. The highest BCUT2D eigenvalue weighted by Crippen LogP contribution is 2.39. The zero-order chi connectivity index (χ0) is 22.6. The van der Waals surface area contributed by atoms with Gasteiger partial charge >= 0.3 is 12.1 Å². The number of carbonyl (C=O) groups is 2. The molecule has 0 fully saturated rings. The van der Waals surface area contributed by atoms with Gasteiger partial charge in [0, 0.05) is 11.4 Å². The number of carbonyl (C=O) groups excluding carboxylic acids is 1. The number of benzene rings is 2. The molecule has 2 atom stereocenters. The van der Waals surface area contributed by atoms with Gasteiger partial charge in [-0.2, -0.15) is 13.2 Å². The Kier molecular flexibility index (Phi) is 7.77. The molecule has 0 heterocycles. The smallest absolute Gasteiger partial charge is 0.392 e. The van der Waals surface area contributed by atoms with Crippen molar-refractivity contribution in [2.45, 2.75) is 38.8 Å². The van der Waals surface area contributed by atoms with E-state index in [-0.39, 0.29) is 29.1 Å². The Morgan fingerprint density at radius 1 is 1.10 bits per heavy atom. The van der Waals surface area contributed by atoms with Crippen molar-refractivity contribution in [2.24, 2.45) is 5.92 Å². The number of halogens is 5. The molecule has 9 heteroatoms. The lowest BCUT2D eigenvalue weighted by molar-refractivity contribution is -0.178. The van der Waals surface area contributed by atoms with E-state index in [0.29, 0.717) is 16.1 Å². The van der Waals surface area contributed by atoms with Crippen LogP contribution in [0.4, 0.5) is 18.9 Å². The first-order valence-electron chi connectivity index (χ1n) is 9.04. The van der Waals surface area contributed by atoms with Crippen LogP contribution < -0.4 is 5.32 Å². The Labute approximate surface area is 182 Å². The second-order valence-electron chi connectivity index (χ2n) is 6.95. The van der Waals surface area contributed by atoms with Gasteiger partial charge in [-0.15, -0.1) is 0 Å². The van der Waals surface area contributed by atoms with Gasteiger partial charge in [0.15, 0.2) is 0 Å². The van der Waals surface area contributed by atoms with Crippen LogP contribution in [0.5, 0.6) is 0 Å². The minimum absolute atomic E-state index is 0.131. The molecule has 2 aromatic rings. The number of carboxylic acid groups (broad SMARTS) is 1. The van der Waals surface area contributed by atoms with Crippen LogP contribution in [0.1, 0.15) is 36.0 Å². The normalized spacial score (nSPS) is 13.6. The van der Waals surface area contributed by atoms with Crippen molar-refractivity contribution in [1.29, 1.82) is 0 Å². The zero-order valence-corrected chi connectivity index (χ0v) is 17.7. The third-order valence-electron chi connectivity index (χ3n) is 4.91. The first kappa shape index (κ1) is 24.0. The number of hydrogen-bond acceptors (Lipinski definition) is 2. The van der Waals surface area contributed by atoms with Crippen LogP contribution in [-0.4, -0.2) is 23.2 Å². The molecule has 0 aliphatic carbocycles. The third-order valence-corrected chi connectivity index (χ3v) is 5.48. The van der Waals surface area contributed by atoms with Gasteiger partial charge in [0.05, 0.1) is 22.5 Å². The fourth-order valence-electron chi connectivity index (χ4n) is 3.11. The van der Waals surface area contributed by atoms with E-state index in [0.717, 1.165) is 6.92 Å². The van der Waals surface area contributed by atoms with Crippen molar-refractivity contribution in [3.8, 4) is 0 Å². The van der Waals surface area contributed by atoms with E-state index in [1.807, 2.05) is 0 Å². The predicted molar refractivity (Wildman–Crippen MR) is 110 cm³/mol. The number of aryl methyl sites for hydroxylation is 1. The fraction of sp³-hybridized carbons (Fsp3) is 0.333. The molecule has 0 bridgehead atoms. The van der Waals surface area contributed by atoms with Crippen molar-refractivity contribution in [1.82, 2.24) is 0 Å². The summed E-state index contributed by atoms with van der Waals surface area (Å²) in [6.07, 6.45) is -4.54. The van der Waals surface area contributed by atoms with Gasteiger partial charge in [0.1, 0.15) is 0 Å². The minimum Gasteiger partial charge on any atom is -0.481 e. The highest BCUT2D eigenvalue weighted by atomic mass is 35.5. The van der Waals surface area contributed by atoms with Gasteiger partial charge in [-0.1, -0.05) is 48.3 Å². The maximum Gasteiger partial charge on any atom is 0.392 e. The molecule has 162 valence electrons. The number of hydrogen-bond donors (Lipinski definition) is 2. The van der Waals surface area contributed by atoms with Crippen molar-refractivity contribution < 1.29 is 27.9 Å². The largest absolute Gasteiger partial charge is 0.481 e. The number of anilines is 1. The van der Waals surface area contributed by atoms with Crippen LogP contribution in [0.2, 0.25) is 10.0 Å². The Morgan fingerprint density at radius 2 is 1.70 bits per heavy atom. The van der Waals surface area contributed by atoms with E-state index < -0.39 is 29.9 Å². The molecule has 0 aliphatic rings. The highest BCUT2D eigenvalue weighted by Gasteiger charge is 2.45. The number of aliphatic carboxylic acids is 1. The molecule has 2 aromatic carbocycles. The first-order valence-corrected chi connectivity index (χ1v) is 9.80. The summed E-state index contributed by atoms with van der Waals surface area (Å²) in [5.74, 6) is -5.35. The van der Waals surface area contributed by atoms with Crippen molar-refractivity contribution in [2.75, 3.05) is 5.32 Å². The molecule has 2 N–H and O–H groups in total. The van der Waals surface area contributed by atoms with Gasteiger partial charge in [0.2, 0.25) is 5.91 Å². The van der Waals surface area contributed by atoms with Gasteiger partial charge in [0.25, 0.3) is 0 Å². The maximum absolute atomic E-state index is 13.5. The standard InChI is InChI=1S/C21H20Cl2F3NO3/c1-11-13(6-10-17(28)29)5-9-16(23)19(11)27-20(30)18(12(2)21(24,25)26)14-3-7-15(22)8-4-14/h3-5,7-9,12,18H,6,10H2,1-2H3,(H,27,30)(H,28,29)/t12-,18+/m1/s1. The summed E-state index contributed by atoms with van der Waals surface area (Å²) in [5.41, 5.74) is 1.46. The Balaban J connectivity index is 2.41. The molecule has 4 nitrogen and oxygen atoms in total. The molecule has 0 aliphatic heterocycles. The Morgan fingerprint density at radius 3 is 2.23 bits per heavy atom. The molecule has 0 radical (unpaired) electrons. The van der Waals surface area contributed by atoms with E-state index in [9.17, 15) is 22.8 Å². The van der Waals surface area contributed by atoms with Crippen LogP contribution in [0.25, 0.3) is 0 Å². The summed E-state index contributed by atoms with van der Waals surface area (Å²) in [6.45, 7) is 2.57. The van der Waals surface area contributed by atoms with Gasteiger partial charge in [-0.05, 0) is 48.2 Å². The summed E-state index contributed by atoms with van der Waals surface area (Å²) >= 11 is 12.0. The van der Waals surface area contributed by atoms with E-state index in [1.54, 1.807) is 13.0 Å². The van der Waals surface area contributed by atoms with Crippen molar-refractivity contribution in [3.63, 3.8) is 0 Å². The minimum atomic E-state index is -4.61. The number of amides is 1. The quantitative estimate of drug-likeness (QED) is 0.512. The number of rotatable bonds is 7. The second kappa shape index (κ2) is 9.71. The van der Waals surface area contributed by atoms with E-state index in [4.69, 9.17) is 28.3 Å². The zero-order valence-electron chi connectivity index (χ0n) is 16.2. The van der Waals surface area contributed by atoms with Gasteiger partial charge < -0.3 is 10.4 Å². The van der Waals surface area contributed by atoms with E-state index in [2.05, 4.69) is 5.32 Å². The molecular weight excluding hydrogens is 442 g/mol. The summed E-state index contributed by atoms with van der Waals surface area (Å²) in [7, 11) is 0. The van der Waals surface area contributed by atoms with Gasteiger partial charge in [-0.25, -0.2) is 0 Å². The lowest BCUT2D eigenvalue weighted by atomic mass is 9.85. The average Bonchev–Trinajstić information content (AvgIpc) is 2.65. The molecule has 0 spiro atoms. The van der Waals surface area contributed by atoms with Crippen LogP contribution in [0.15, 0.2) is 36.4 Å². The lowest BCUT2D eigenvalue weighted by Crippen LogP contribution is -2.34. The predicted octanol–water partition coefficient (Wildman–Crippen LogP) is 6.24. The Hall–Kier alpha value is -2.25. The topological polar surface area (TPSA) is 66.4 Å². The van der Waals surface area contributed by atoms with E-state index in [1.165, 1.54) is 30.3 Å². The van der Waals surface area contributed by atoms with E-state index >= 15 is 0 Å². The van der Waals surface area contributed by atoms with Crippen LogP contribution in [-0.2, 0) is 16.0 Å². The molecule has 2 rings (SSSR count). The first-order chi connectivity index (χ1) is 13.9. The van der Waals surface area contributed by atoms with Crippen LogP contribution in [0.3, 0.4) is 0 Å². The molecule has 0 aromatic heterocycles. The van der Waals surface area contributed by atoms with Crippen LogP contribution in [0, 0.1) is 12.8 Å². The SMILES string of the molecule is Cc1c(CCC(=O)O)ccc(Cl)c1NC(=O)[C@H](c1ccc(Cl)cc1)[C@@H](C)C(F)(F)F. The summed E-state index contributed by atoms with van der Waals surface area (Å²) in [6, 6.07) is 8.71. The summed E-state index contributed by atoms with van der Waals surface area (Å²) < 4.78 is 40.4. The van der Waals surface area contributed by atoms with Crippen LogP contribution >= 0.6 is 23.2 Å². The van der Waals surface area contributed by atoms with Gasteiger partial charge in [-0.3, -0.25) is 9.59 Å². The third kappa shape index (κ3) is 5.89. The van der Waals surface area contributed by atoms with Crippen molar-refractivity contribution in [3.05, 3.63) is 63.1 Å². The number of nitrogens with one attached hydrogen (secondary N) is 1. The fourth-order valence-corrected chi connectivity index (χ4v) is 3.49. The summed E-state index contributed by atoms with van der Waals surface area (Å²) in [4.78, 5) is 23.8. The molecule has 0 saturated heterocycles. The molecule has 30 heavy (non-hydrogen) atoms. The number of alkyl halides is 3. The maximum atomic E-state index is 13.5. The molecule has 0 saturated carbocycles. The average molecular weight is 462 g/mol. The van der Waals surface area contributed by atoms with Crippen molar-refractivity contribution >= 4 is 40.8 Å². The summed E-state index contributed by atoms with van der Waals surface area (Å²) in [5, 5.41) is 11.9. The molecule has 1 amide bonds. The second-order valence-corrected chi connectivity index (χ2v) is 7.79. The molecule has 0 unspecified atom stereocenters. The Bertz CT molecular complexity index is 930.